The monoisotopic (exact) mass is 307 g/mol. The van der Waals surface area contributed by atoms with Crippen LogP contribution in [0.5, 0.6) is 0 Å². The summed E-state index contributed by atoms with van der Waals surface area (Å²) in [5, 5.41) is 15.3. The number of carbonyl (C=O) groups is 1. The Morgan fingerprint density at radius 1 is 1.62 bits per heavy atom. The van der Waals surface area contributed by atoms with E-state index in [-0.39, 0.29) is 5.92 Å². The molecule has 0 bridgehead atoms. The molecule has 1 N–H and O–H groups in total. The van der Waals surface area contributed by atoms with Gasteiger partial charge in [0.15, 0.2) is 0 Å². The number of thiophene rings is 1. The van der Waals surface area contributed by atoms with Gasteiger partial charge in [-0.05, 0) is 36.8 Å². The van der Waals surface area contributed by atoms with E-state index in [2.05, 4.69) is 10.1 Å². The number of aromatic nitrogens is 2. The zero-order valence-corrected chi connectivity index (χ0v) is 12.5. The van der Waals surface area contributed by atoms with E-state index < -0.39 is 12.0 Å². The number of carboxylic acids is 1. The van der Waals surface area contributed by atoms with Crippen LogP contribution in [-0.4, -0.2) is 38.7 Å². The van der Waals surface area contributed by atoms with E-state index in [4.69, 9.17) is 4.52 Å². The minimum absolute atomic E-state index is 0.135. The van der Waals surface area contributed by atoms with Gasteiger partial charge in [-0.2, -0.15) is 4.98 Å². The highest BCUT2D eigenvalue weighted by Gasteiger charge is 2.35. The maximum atomic E-state index is 11.5. The van der Waals surface area contributed by atoms with E-state index in [1.807, 2.05) is 29.3 Å². The average Bonchev–Trinajstić information content (AvgIpc) is 3.08. The average molecular weight is 307 g/mol. The molecule has 2 atom stereocenters. The second-order valence-electron chi connectivity index (χ2n) is 5.36. The maximum Gasteiger partial charge on any atom is 0.321 e. The predicted octanol–water partition coefficient (Wildman–Crippen LogP) is 2.48. The zero-order chi connectivity index (χ0) is 14.8. The number of rotatable bonds is 4. The van der Waals surface area contributed by atoms with Gasteiger partial charge in [-0.25, -0.2) is 0 Å². The summed E-state index contributed by atoms with van der Waals surface area (Å²) in [6, 6.07) is 3.39. The molecule has 0 radical (unpaired) electrons. The summed E-state index contributed by atoms with van der Waals surface area (Å²) in [7, 11) is 0. The van der Waals surface area contributed by atoms with Crippen LogP contribution in [0.25, 0.3) is 10.7 Å². The second-order valence-corrected chi connectivity index (χ2v) is 6.31. The van der Waals surface area contributed by atoms with E-state index in [9.17, 15) is 9.90 Å². The van der Waals surface area contributed by atoms with Gasteiger partial charge in [0.25, 0.3) is 0 Å². The molecular weight excluding hydrogens is 290 g/mol. The topological polar surface area (TPSA) is 79.5 Å². The molecule has 1 aliphatic rings. The van der Waals surface area contributed by atoms with E-state index in [1.165, 1.54) is 0 Å². The summed E-state index contributed by atoms with van der Waals surface area (Å²) >= 11 is 1.55. The summed E-state index contributed by atoms with van der Waals surface area (Å²) in [5.74, 6) is 0.395. The van der Waals surface area contributed by atoms with E-state index in [1.54, 1.807) is 11.3 Å². The molecule has 2 aromatic heterocycles. The predicted molar refractivity (Wildman–Crippen MR) is 77.8 cm³/mol. The molecular formula is C14H17N3O3S. The first-order valence-electron chi connectivity index (χ1n) is 6.98. The minimum Gasteiger partial charge on any atom is -0.480 e. The highest BCUT2D eigenvalue weighted by Crippen LogP contribution is 2.26. The number of likely N-dealkylation sites (tertiary alicyclic amines) is 1. The molecule has 0 aliphatic carbocycles. The van der Waals surface area contributed by atoms with Crippen LogP contribution in [0.2, 0.25) is 0 Å². The molecule has 21 heavy (non-hydrogen) atoms. The van der Waals surface area contributed by atoms with Crippen molar-refractivity contribution in [2.45, 2.75) is 32.4 Å². The molecule has 0 amide bonds. The fourth-order valence-electron chi connectivity index (χ4n) is 2.85. The number of hydrogen-bond donors (Lipinski definition) is 1. The molecule has 3 heterocycles. The summed E-state index contributed by atoms with van der Waals surface area (Å²) < 4.78 is 5.27. The van der Waals surface area contributed by atoms with Crippen LogP contribution in [0.4, 0.5) is 0 Å². The fourth-order valence-corrected chi connectivity index (χ4v) is 3.50. The quantitative estimate of drug-likeness (QED) is 0.935. The molecule has 7 heteroatoms. The molecule has 1 fully saturated rings. The van der Waals surface area contributed by atoms with Crippen molar-refractivity contribution in [3.8, 4) is 10.7 Å². The van der Waals surface area contributed by atoms with E-state index in [0.717, 1.165) is 24.3 Å². The molecule has 0 aromatic carbocycles. The van der Waals surface area contributed by atoms with Crippen LogP contribution < -0.4 is 0 Å². The van der Waals surface area contributed by atoms with E-state index in [0.29, 0.717) is 18.3 Å². The third-order valence-electron chi connectivity index (χ3n) is 3.84. The van der Waals surface area contributed by atoms with Gasteiger partial charge in [0.2, 0.25) is 11.7 Å². The Kier molecular flexibility index (Phi) is 4.03. The number of carboxylic acid groups (broad SMARTS) is 1. The third kappa shape index (κ3) is 2.98. The zero-order valence-electron chi connectivity index (χ0n) is 11.7. The molecule has 2 aromatic rings. The molecule has 3 rings (SSSR count). The molecule has 6 nitrogen and oxygen atoms in total. The number of piperidine rings is 1. The Hall–Kier alpha value is -1.73. The standard InChI is InChI=1S/C14H17N3O3S/c1-9-4-2-6-17(12(9)14(18)19)8-11-15-13(16-20-11)10-5-3-7-21-10/h3,5,7,9,12H,2,4,6,8H2,1H3,(H,18,19). The molecule has 1 saturated heterocycles. The molecule has 0 saturated carbocycles. The Labute approximate surface area is 126 Å². The van der Waals surface area contributed by atoms with Crippen LogP contribution in [0.15, 0.2) is 22.0 Å². The molecule has 1 aliphatic heterocycles. The summed E-state index contributed by atoms with van der Waals surface area (Å²) in [6.45, 7) is 3.12. The number of nitrogens with zero attached hydrogens (tertiary/aromatic N) is 3. The lowest BCUT2D eigenvalue weighted by molar-refractivity contribution is -0.147. The van der Waals surface area contributed by atoms with Crippen molar-refractivity contribution in [3.63, 3.8) is 0 Å². The van der Waals surface area contributed by atoms with Gasteiger partial charge in [-0.3, -0.25) is 9.69 Å². The van der Waals surface area contributed by atoms with Gasteiger partial charge in [0.05, 0.1) is 11.4 Å². The van der Waals surface area contributed by atoms with Crippen molar-refractivity contribution in [2.75, 3.05) is 6.54 Å². The number of aliphatic carboxylic acids is 1. The van der Waals surface area contributed by atoms with Gasteiger partial charge in [0, 0.05) is 0 Å². The van der Waals surface area contributed by atoms with Crippen LogP contribution in [0.3, 0.4) is 0 Å². The van der Waals surface area contributed by atoms with Gasteiger partial charge >= 0.3 is 5.97 Å². The lowest BCUT2D eigenvalue weighted by atomic mass is 9.91. The van der Waals surface area contributed by atoms with Crippen molar-refractivity contribution >= 4 is 17.3 Å². The summed E-state index contributed by atoms with van der Waals surface area (Å²) in [5.41, 5.74) is 0. The van der Waals surface area contributed by atoms with Crippen LogP contribution >= 0.6 is 11.3 Å². The highest BCUT2D eigenvalue weighted by atomic mass is 32.1. The summed E-state index contributed by atoms with van der Waals surface area (Å²) in [6.07, 6.45) is 1.94. The summed E-state index contributed by atoms with van der Waals surface area (Å²) in [4.78, 5) is 18.7. The van der Waals surface area contributed by atoms with Gasteiger partial charge in [-0.1, -0.05) is 18.1 Å². The number of hydrogen-bond acceptors (Lipinski definition) is 6. The molecule has 112 valence electrons. The molecule has 2 unspecified atom stereocenters. The van der Waals surface area contributed by atoms with Crippen LogP contribution in [0.1, 0.15) is 25.7 Å². The van der Waals surface area contributed by atoms with Crippen molar-refractivity contribution in [3.05, 3.63) is 23.4 Å². The smallest absolute Gasteiger partial charge is 0.321 e. The molecule has 0 spiro atoms. The first-order chi connectivity index (χ1) is 10.1. The lowest BCUT2D eigenvalue weighted by Crippen LogP contribution is -2.48. The Morgan fingerprint density at radius 3 is 3.19 bits per heavy atom. The minimum atomic E-state index is -0.778. The van der Waals surface area contributed by atoms with E-state index >= 15 is 0 Å². The SMILES string of the molecule is CC1CCCN(Cc2nc(-c3cccs3)no2)C1C(=O)O. The second kappa shape index (κ2) is 5.95. The fraction of sp³-hybridized carbons (Fsp3) is 0.500. The van der Waals surface area contributed by atoms with Crippen LogP contribution in [0, 0.1) is 5.92 Å². The maximum absolute atomic E-state index is 11.5. The van der Waals surface area contributed by atoms with Crippen molar-refractivity contribution in [2.24, 2.45) is 5.92 Å². The van der Waals surface area contributed by atoms with Crippen molar-refractivity contribution in [1.82, 2.24) is 15.0 Å². The van der Waals surface area contributed by atoms with Crippen molar-refractivity contribution < 1.29 is 14.4 Å². The Balaban J connectivity index is 1.75. The first-order valence-corrected chi connectivity index (χ1v) is 7.86. The van der Waals surface area contributed by atoms with Gasteiger partial charge < -0.3 is 9.63 Å². The Morgan fingerprint density at radius 2 is 2.48 bits per heavy atom. The normalized spacial score (nSPS) is 23.3. The van der Waals surface area contributed by atoms with Gasteiger partial charge in [-0.15, -0.1) is 11.3 Å². The highest BCUT2D eigenvalue weighted by molar-refractivity contribution is 7.13. The first kappa shape index (κ1) is 14.2. The van der Waals surface area contributed by atoms with Gasteiger partial charge in [0.1, 0.15) is 6.04 Å². The van der Waals surface area contributed by atoms with Crippen LogP contribution in [-0.2, 0) is 11.3 Å². The Bertz CT molecular complexity index is 611. The third-order valence-corrected chi connectivity index (χ3v) is 4.70. The largest absolute Gasteiger partial charge is 0.480 e. The van der Waals surface area contributed by atoms with Crippen molar-refractivity contribution in [1.29, 1.82) is 0 Å². The lowest BCUT2D eigenvalue weighted by Gasteiger charge is -2.36.